The van der Waals surface area contributed by atoms with Gasteiger partial charge in [-0.25, -0.2) is 4.79 Å². The number of hydrogen-bond donors (Lipinski definition) is 1. The van der Waals surface area contributed by atoms with Crippen LogP contribution in [0.1, 0.15) is 49.3 Å². The van der Waals surface area contributed by atoms with Crippen molar-refractivity contribution in [3.63, 3.8) is 0 Å². The van der Waals surface area contributed by atoms with Crippen molar-refractivity contribution in [1.82, 2.24) is 15.1 Å². The number of nitrogens with one attached hydrogen (secondary N) is 1. The molecule has 1 aliphatic heterocycles. The lowest BCUT2D eigenvalue weighted by Crippen LogP contribution is -2.53. The van der Waals surface area contributed by atoms with E-state index < -0.39 is 0 Å². The third-order valence-corrected chi connectivity index (χ3v) is 7.39. The Hall–Kier alpha value is -2.28. The molecule has 4 rings (SSSR count). The van der Waals surface area contributed by atoms with Crippen LogP contribution in [0, 0.1) is 5.92 Å². The first kappa shape index (κ1) is 25.8. The molecule has 2 aromatic carbocycles. The fourth-order valence-corrected chi connectivity index (χ4v) is 5.24. The molecule has 1 aliphatic carbocycles. The predicted octanol–water partition coefficient (Wildman–Crippen LogP) is 5.51. The maximum atomic E-state index is 12.7. The molecule has 2 aliphatic rings. The van der Waals surface area contributed by atoms with Crippen molar-refractivity contribution >= 4 is 17.6 Å². The average molecular weight is 500 g/mol. The van der Waals surface area contributed by atoms with Crippen molar-refractivity contribution in [2.75, 3.05) is 46.4 Å². The molecule has 0 aromatic heterocycles. The largest absolute Gasteiger partial charge is 0.497 e. The van der Waals surface area contributed by atoms with Gasteiger partial charge in [0.15, 0.2) is 0 Å². The van der Waals surface area contributed by atoms with E-state index in [-0.39, 0.29) is 12.1 Å². The highest BCUT2D eigenvalue weighted by Crippen LogP contribution is 2.26. The van der Waals surface area contributed by atoms with Crippen LogP contribution in [0.15, 0.2) is 48.5 Å². The standard InChI is InChI=1S/C28H38ClN3O3/c1-34-26-12-6-10-24(18-26)27(35-21-23-9-5-11-25(29)17-23)20-31-13-15-32(16-14-31)28(33)30-19-22-7-3-2-4-8-22/h5-6,9-12,17-18,22,27H,2-4,7-8,13-16,19-21H2,1H3,(H,30,33)/t27-/m1/s1. The van der Waals surface area contributed by atoms with Gasteiger partial charge in [0, 0.05) is 44.3 Å². The highest BCUT2D eigenvalue weighted by molar-refractivity contribution is 6.30. The van der Waals surface area contributed by atoms with Gasteiger partial charge in [0.2, 0.25) is 0 Å². The number of carbonyl (C=O) groups excluding carboxylic acids is 1. The van der Waals surface area contributed by atoms with Gasteiger partial charge in [0.25, 0.3) is 0 Å². The summed E-state index contributed by atoms with van der Waals surface area (Å²) in [7, 11) is 1.68. The number of ether oxygens (including phenoxy) is 2. The summed E-state index contributed by atoms with van der Waals surface area (Å²) < 4.78 is 11.8. The molecule has 1 saturated carbocycles. The van der Waals surface area contributed by atoms with Crippen LogP contribution in [-0.4, -0.2) is 62.2 Å². The van der Waals surface area contributed by atoms with Gasteiger partial charge in [-0.05, 0) is 54.2 Å². The highest BCUT2D eigenvalue weighted by atomic mass is 35.5. The maximum absolute atomic E-state index is 12.7. The second-order valence-corrected chi connectivity index (χ2v) is 10.1. The van der Waals surface area contributed by atoms with Crippen LogP contribution >= 0.6 is 11.6 Å². The molecular weight excluding hydrogens is 462 g/mol. The molecular formula is C28H38ClN3O3. The third-order valence-electron chi connectivity index (χ3n) is 7.16. The molecule has 2 aromatic rings. The van der Waals surface area contributed by atoms with E-state index in [1.807, 2.05) is 47.4 Å². The Morgan fingerprint density at radius 3 is 2.57 bits per heavy atom. The van der Waals surface area contributed by atoms with E-state index in [9.17, 15) is 4.79 Å². The smallest absolute Gasteiger partial charge is 0.317 e. The van der Waals surface area contributed by atoms with Crippen LogP contribution in [0.4, 0.5) is 4.79 Å². The minimum Gasteiger partial charge on any atom is -0.497 e. The molecule has 0 radical (unpaired) electrons. The number of urea groups is 1. The molecule has 1 heterocycles. The zero-order valence-electron chi connectivity index (χ0n) is 20.8. The zero-order chi connectivity index (χ0) is 24.5. The predicted molar refractivity (Wildman–Crippen MR) is 140 cm³/mol. The van der Waals surface area contributed by atoms with Crippen molar-refractivity contribution in [1.29, 1.82) is 0 Å². The molecule has 2 fully saturated rings. The SMILES string of the molecule is COc1cccc([C@@H](CN2CCN(C(=O)NCC3CCCCC3)CC2)OCc2cccc(Cl)c2)c1. The van der Waals surface area contributed by atoms with Crippen molar-refractivity contribution in [3.8, 4) is 5.75 Å². The number of piperazine rings is 1. The summed E-state index contributed by atoms with van der Waals surface area (Å²) in [6.07, 6.45) is 6.31. The number of benzene rings is 2. The molecule has 1 saturated heterocycles. The Balaban J connectivity index is 1.31. The number of carbonyl (C=O) groups is 1. The molecule has 0 bridgehead atoms. The van der Waals surface area contributed by atoms with Gasteiger partial charge < -0.3 is 19.7 Å². The molecule has 6 nitrogen and oxygen atoms in total. The van der Waals surface area contributed by atoms with Crippen LogP contribution in [0.2, 0.25) is 5.02 Å². The number of amides is 2. The van der Waals surface area contributed by atoms with E-state index in [0.717, 1.165) is 56.1 Å². The molecule has 0 spiro atoms. The van der Waals surface area contributed by atoms with E-state index in [1.165, 1.54) is 32.1 Å². The fraction of sp³-hybridized carbons (Fsp3) is 0.536. The summed E-state index contributed by atoms with van der Waals surface area (Å²) >= 11 is 6.16. The van der Waals surface area contributed by atoms with Crippen molar-refractivity contribution in [2.24, 2.45) is 5.92 Å². The molecule has 7 heteroatoms. The zero-order valence-corrected chi connectivity index (χ0v) is 21.5. The minimum absolute atomic E-state index is 0.0803. The summed E-state index contributed by atoms with van der Waals surface area (Å²) in [6, 6.07) is 15.9. The quantitative estimate of drug-likeness (QED) is 0.494. The molecule has 1 N–H and O–H groups in total. The number of halogens is 1. The van der Waals surface area contributed by atoms with Crippen molar-refractivity contribution in [3.05, 3.63) is 64.7 Å². The van der Waals surface area contributed by atoms with E-state index in [0.29, 0.717) is 17.5 Å². The van der Waals surface area contributed by atoms with Crippen LogP contribution in [0.5, 0.6) is 5.75 Å². The second-order valence-electron chi connectivity index (χ2n) is 9.68. The molecule has 35 heavy (non-hydrogen) atoms. The van der Waals surface area contributed by atoms with Crippen LogP contribution < -0.4 is 10.1 Å². The summed E-state index contributed by atoms with van der Waals surface area (Å²) in [4.78, 5) is 17.0. The number of rotatable bonds is 9. The Labute approximate surface area is 214 Å². The summed E-state index contributed by atoms with van der Waals surface area (Å²) in [5.41, 5.74) is 2.13. The first-order valence-electron chi connectivity index (χ1n) is 12.9. The van der Waals surface area contributed by atoms with Gasteiger partial charge in [0.05, 0.1) is 19.8 Å². The fourth-order valence-electron chi connectivity index (χ4n) is 5.02. The normalized spacial score (nSPS) is 18.3. The third kappa shape index (κ3) is 7.86. The topological polar surface area (TPSA) is 54.0 Å². The lowest BCUT2D eigenvalue weighted by Gasteiger charge is -2.36. The molecule has 1 atom stereocenters. The van der Waals surface area contributed by atoms with Crippen LogP contribution in [0.3, 0.4) is 0 Å². The first-order chi connectivity index (χ1) is 17.1. The number of hydrogen-bond acceptors (Lipinski definition) is 4. The van der Waals surface area contributed by atoms with Gasteiger partial charge in [-0.2, -0.15) is 0 Å². The van der Waals surface area contributed by atoms with Crippen LogP contribution in [0.25, 0.3) is 0 Å². The lowest BCUT2D eigenvalue weighted by atomic mass is 9.89. The maximum Gasteiger partial charge on any atom is 0.317 e. The Kier molecular flexibility index (Phi) is 9.69. The minimum atomic E-state index is -0.115. The monoisotopic (exact) mass is 499 g/mol. The van der Waals surface area contributed by atoms with Gasteiger partial charge in [0.1, 0.15) is 5.75 Å². The summed E-state index contributed by atoms with van der Waals surface area (Å²) in [5.74, 6) is 1.47. The average Bonchev–Trinajstić information content (AvgIpc) is 2.90. The molecule has 190 valence electrons. The van der Waals surface area contributed by atoms with E-state index in [4.69, 9.17) is 21.1 Å². The number of nitrogens with zero attached hydrogens (tertiary/aromatic N) is 2. The highest BCUT2D eigenvalue weighted by Gasteiger charge is 2.25. The molecule has 0 unspecified atom stereocenters. The van der Waals surface area contributed by atoms with Crippen molar-refractivity contribution in [2.45, 2.75) is 44.8 Å². The van der Waals surface area contributed by atoms with Crippen molar-refractivity contribution < 1.29 is 14.3 Å². The van der Waals surface area contributed by atoms with E-state index >= 15 is 0 Å². The Bertz CT molecular complexity index is 943. The van der Waals surface area contributed by atoms with Crippen LogP contribution in [-0.2, 0) is 11.3 Å². The van der Waals surface area contributed by atoms with Gasteiger partial charge in [-0.3, -0.25) is 4.90 Å². The van der Waals surface area contributed by atoms with Gasteiger partial charge >= 0.3 is 6.03 Å². The van der Waals surface area contributed by atoms with E-state index in [2.05, 4.69) is 16.3 Å². The second kappa shape index (κ2) is 13.1. The van der Waals surface area contributed by atoms with Gasteiger partial charge in [-0.1, -0.05) is 55.1 Å². The Morgan fingerprint density at radius 2 is 1.83 bits per heavy atom. The first-order valence-corrected chi connectivity index (χ1v) is 13.2. The van der Waals surface area contributed by atoms with Gasteiger partial charge in [-0.15, -0.1) is 0 Å². The molecule has 2 amide bonds. The van der Waals surface area contributed by atoms with E-state index in [1.54, 1.807) is 7.11 Å². The summed E-state index contributed by atoms with van der Waals surface area (Å²) in [5, 5.41) is 3.89. The number of methoxy groups -OCH3 is 1. The Morgan fingerprint density at radius 1 is 1.06 bits per heavy atom. The summed E-state index contributed by atoms with van der Waals surface area (Å²) in [6.45, 7) is 5.17. The lowest BCUT2D eigenvalue weighted by molar-refractivity contribution is 0.00544.